The minimum atomic E-state index is -0.0618. The molecule has 3 rings (SSSR count). The summed E-state index contributed by atoms with van der Waals surface area (Å²) in [6.45, 7) is 0. The summed E-state index contributed by atoms with van der Waals surface area (Å²) in [7, 11) is 5.46. The molecule has 1 aliphatic heterocycles. The molecule has 0 aromatic heterocycles. The number of nitrogens with one attached hydrogen (secondary N) is 1. The first-order valence-corrected chi connectivity index (χ1v) is 6.77. The Morgan fingerprint density at radius 1 is 1.26 bits per heavy atom. The van der Waals surface area contributed by atoms with Crippen molar-refractivity contribution in [1.82, 2.24) is 5.32 Å². The Hall–Kier alpha value is -1.26. The van der Waals surface area contributed by atoms with Gasteiger partial charge in [-0.15, -0.1) is 0 Å². The molecule has 1 heterocycles. The SMILES string of the molecule is CNC1CC2(CC(OC)C2)Oc2cc(OC)ccc21. The molecule has 1 aliphatic carbocycles. The smallest absolute Gasteiger partial charge is 0.128 e. The minimum absolute atomic E-state index is 0.0618. The molecule has 1 atom stereocenters. The maximum Gasteiger partial charge on any atom is 0.128 e. The Balaban J connectivity index is 1.89. The van der Waals surface area contributed by atoms with E-state index in [1.165, 1.54) is 5.56 Å². The molecule has 1 unspecified atom stereocenters. The van der Waals surface area contributed by atoms with Crippen molar-refractivity contribution in [3.8, 4) is 11.5 Å². The highest BCUT2D eigenvalue weighted by molar-refractivity contribution is 5.45. The van der Waals surface area contributed by atoms with E-state index in [1.54, 1.807) is 14.2 Å². The van der Waals surface area contributed by atoms with Gasteiger partial charge in [0.15, 0.2) is 0 Å². The van der Waals surface area contributed by atoms with E-state index in [0.717, 1.165) is 30.8 Å². The zero-order chi connectivity index (χ0) is 13.5. The summed E-state index contributed by atoms with van der Waals surface area (Å²) in [5, 5.41) is 3.39. The number of ether oxygens (including phenoxy) is 3. The van der Waals surface area contributed by atoms with Gasteiger partial charge < -0.3 is 19.5 Å². The summed E-state index contributed by atoms with van der Waals surface area (Å²) in [6.07, 6.45) is 3.28. The first-order chi connectivity index (χ1) is 9.19. The second-order valence-corrected chi connectivity index (χ2v) is 5.50. The standard InChI is InChI=1S/C15H21NO3/c1-16-13-9-15(7-11(8-15)18-3)19-14-6-10(17-2)4-5-12(13)14/h4-6,11,13,16H,7-9H2,1-3H3. The zero-order valence-electron chi connectivity index (χ0n) is 11.7. The highest BCUT2D eigenvalue weighted by atomic mass is 16.5. The van der Waals surface area contributed by atoms with Gasteiger partial charge in [0.2, 0.25) is 0 Å². The first-order valence-electron chi connectivity index (χ1n) is 6.77. The molecule has 1 spiro atoms. The molecule has 0 bridgehead atoms. The van der Waals surface area contributed by atoms with Crippen LogP contribution in [0, 0.1) is 0 Å². The van der Waals surface area contributed by atoms with Gasteiger partial charge in [-0.1, -0.05) is 6.07 Å². The molecule has 104 valence electrons. The number of fused-ring (bicyclic) bond motifs is 1. The van der Waals surface area contributed by atoms with E-state index in [2.05, 4.69) is 11.4 Å². The molecule has 1 aromatic carbocycles. The molecule has 1 N–H and O–H groups in total. The van der Waals surface area contributed by atoms with Crippen LogP contribution in [-0.4, -0.2) is 33.0 Å². The van der Waals surface area contributed by atoms with Crippen molar-refractivity contribution in [3.05, 3.63) is 23.8 Å². The summed E-state index contributed by atoms with van der Waals surface area (Å²) in [5.74, 6) is 1.78. The Kier molecular flexibility index (Phi) is 3.15. The van der Waals surface area contributed by atoms with Gasteiger partial charge in [-0.2, -0.15) is 0 Å². The number of hydrogen-bond donors (Lipinski definition) is 1. The minimum Gasteiger partial charge on any atom is -0.497 e. The molecule has 1 saturated carbocycles. The number of rotatable bonds is 3. The number of hydrogen-bond acceptors (Lipinski definition) is 4. The van der Waals surface area contributed by atoms with Crippen molar-refractivity contribution < 1.29 is 14.2 Å². The van der Waals surface area contributed by atoms with E-state index < -0.39 is 0 Å². The Morgan fingerprint density at radius 2 is 2.05 bits per heavy atom. The highest BCUT2D eigenvalue weighted by Gasteiger charge is 2.50. The maximum absolute atomic E-state index is 6.26. The van der Waals surface area contributed by atoms with Crippen LogP contribution < -0.4 is 14.8 Å². The summed E-state index contributed by atoms with van der Waals surface area (Å²) >= 11 is 0. The third-order valence-corrected chi connectivity index (χ3v) is 4.38. The van der Waals surface area contributed by atoms with E-state index in [-0.39, 0.29) is 5.60 Å². The van der Waals surface area contributed by atoms with Crippen LogP contribution in [-0.2, 0) is 4.74 Å². The molecule has 19 heavy (non-hydrogen) atoms. The average molecular weight is 263 g/mol. The van der Waals surface area contributed by atoms with Crippen molar-refractivity contribution >= 4 is 0 Å². The van der Waals surface area contributed by atoms with Crippen molar-refractivity contribution in [1.29, 1.82) is 0 Å². The Morgan fingerprint density at radius 3 is 2.68 bits per heavy atom. The third-order valence-electron chi connectivity index (χ3n) is 4.38. The van der Waals surface area contributed by atoms with Gasteiger partial charge in [0.25, 0.3) is 0 Å². The van der Waals surface area contributed by atoms with Crippen LogP contribution in [0.25, 0.3) is 0 Å². The lowest BCUT2D eigenvalue weighted by atomic mass is 9.71. The molecular formula is C15H21NO3. The monoisotopic (exact) mass is 263 g/mol. The molecule has 1 aromatic rings. The zero-order valence-corrected chi connectivity index (χ0v) is 11.7. The summed E-state index contributed by atoms with van der Waals surface area (Å²) in [4.78, 5) is 0. The Bertz CT molecular complexity index is 468. The Labute approximate surface area is 114 Å². The van der Waals surface area contributed by atoms with Gasteiger partial charge in [0, 0.05) is 44.0 Å². The van der Waals surface area contributed by atoms with Crippen molar-refractivity contribution in [2.45, 2.75) is 37.0 Å². The van der Waals surface area contributed by atoms with Gasteiger partial charge in [-0.3, -0.25) is 0 Å². The molecule has 0 radical (unpaired) electrons. The van der Waals surface area contributed by atoms with E-state index >= 15 is 0 Å². The lowest BCUT2D eigenvalue weighted by Crippen LogP contribution is -2.55. The fraction of sp³-hybridized carbons (Fsp3) is 0.600. The van der Waals surface area contributed by atoms with Crippen LogP contribution in [0.2, 0.25) is 0 Å². The summed E-state index contributed by atoms with van der Waals surface area (Å²) < 4.78 is 16.9. The average Bonchev–Trinajstić information content (AvgIpc) is 2.42. The lowest BCUT2D eigenvalue weighted by molar-refractivity contribution is -0.125. The van der Waals surface area contributed by atoms with Crippen LogP contribution in [0.5, 0.6) is 11.5 Å². The summed E-state index contributed by atoms with van der Waals surface area (Å²) in [5.41, 5.74) is 1.16. The topological polar surface area (TPSA) is 39.7 Å². The molecule has 4 heteroatoms. The number of benzene rings is 1. The van der Waals surface area contributed by atoms with Crippen molar-refractivity contribution in [3.63, 3.8) is 0 Å². The van der Waals surface area contributed by atoms with Crippen LogP contribution >= 0.6 is 0 Å². The lowest BCUT2D eigenvalue weighted by Gasteiger charge is -2.51. The molecule has 1 fully saturated rings. The van der Waals surface area contributed by atoms with Gasteiger partial charge in [-0.25, -0.2) is 0 Å². The van der Waals surface area contributed by atoms with Crippen LogP contribution in [0.4, 0.5) is 0 Å². The quantitative estimate of drug-likeness (QED) is 0.908. The van der Waals surface area contributed by atoms with E-state index in [9.17, 15) is 0 Å². The van der Waals surface area contributed by atoms with Gasteiger partial charge in [0.1, 0.15) is 17.1 Å². The largest absolute Gasteiger partial charge is 0.497 e. The maximum atomic E-state index is 6.26. The fourth-order valence-electron chi connectivity index (χ4n) is 3.22. The van der Waals surface area contributed by atoms with Crippen LogP contribution in [0.15, 0.2) is 18.2 Å². The van der Waals surface area contributed by atoms with E-state index in [1.807, 2.05) is 19.2 Å². The first kappa shape index (κ1) is 12.8. The molecule has 0 amide bonds. The molecule has 2 aliphatic rings. The third kappa shape index (κ3) is 2.09. The molecule has 0 saturated heterocycles. The normalized spacial score (nSPS) is 32.4. The van der Waals surface area contributed by atoms with Gasteiger partial charge in [-0.05, 0) is 13.1 Å². The molecular weight excluding hydrogens is 242 g/mol. The van der Waals surface area contributed by atoms with Gasteiger partial charge >= 0.3 is 0 Å². The molecule has 4 nitrogen and oxygen atoms in total. The predicted octanol–water partition coefficient (Wildman–Crippen LogP) is 2.29. The summed E-state index contributed by atoms with van der Waals surface area (Å²) in [6, 6.07) is 6.41. The highest BCUT2D eigenvalue weighted by Crippen LogP contribution is 2.50. The van der Waals surface area contributed by atoms with E-state index in [0.29, 0.717) is 12.1 Å². The second kappa shape index (κ2) is 4.69. The van der Waals surface area contributed by atoms with Crippen molar-refractivity contribution in [2.24, 2.45) is 0 Å². The fourth-order valence-corrected chi connectivity index (χ4v) is 3.22. The van der Waals surface area contributed by atoms with Crippen molar-refractivity contribution in [2.75, 3.05) is 21.3 Å². The second-order valence-electron chi connectivity index (χ2n) is 5.50. The number of methoxy groups -OCH3 is 2. The van der Waals surface area contributed by atoms with Crippen LogP contribution in [0.3, 0.4) is 0 Å². The van der Waals surface area contributed by atoms with E-state index in [4.69, 9.17) is 14.2 Å². The van der Waals surface area contributed by atoms with Crippen LogP contribution in [0.1, 0.15) is 30.9 Å². The van der Waals surface area contributed by atoms with Gasteiger partial charge in [0.05, 0.1) is 13.2 Å². The predicted molar refractivity (Wildman–Crippen MR) is 72.8 cm³/mol.